The minimum absolute atomic E-state index is 0.405. The first-order valence-electron chi connectivity index (χ1n) is 7.64. The zero-order valence-corrected chi connectivity index (χ0v) is 11.7. The summed E-state index contributed by atoms with van der Waals surface area (Å²) in [5.41, 5.74) is 1.27. The zero-order valence-electron chi connectivity index (χ0n) is 11.7. The molecule has 2 heteroatoms. The standard InChI is InChI=1S/C17H24NO/c1-2-14-6-8-16(9-7-14)19-17-10-12-18(13-11-17)15-4-3-5-15/h6-9,15,17H,1-5,10-13H2. The second-order valence-corrected chi connectivity index (χ2v) is 5.83. The van der Waals surface area contributed by atoms with E-state index in [1.165, 1.54) is 50.8 Å². The Morgan fingerprint density at radius 3 is 2.26 bits per heavy atom. The number of benzene rings is 1. The molecule has 2 aliphatic rings. The van der Waals surface area contributed by atoms with Crippen LogP contribution >= 0.6 is 0 Å². The van der Waals surface area contributed by atoms with Crippen molar-refractivity contribution >= 4 is 0 Å². The topological polar surface area (TPSA) is 12.5 Å². The lowest BCUT2D eigenvalue weighted by atomic mass is 9.90. The van der Waals surface area contributed by atoms with Gasteiger partial charge < -0.3 is 9.64 Å². The minimum atomic E-state index is 0.405. The molecule has 1 saturated carbocycles. The number of nitrogens with zero attached hydrogens (tertiary/aromatic N) is 1. The molecule has 1 aliphatic heterocycles. The Morgan fingerprint density at radius 1 is 1.05 bits per heavy atom. The molecule has 19 heavy (non-hydrogen) atoms. The van der Waals surface area contributed by atoms with Gasteiger partial charge in [0, 0.05) is 19.1 Å². The Bertz CT molecular complexity index is 388. The van der Waals surface area contributed by atoms with Gasteiger partial charge in [0.05, 0.1) is 0 Å². The highest BCUT2D eigenvalue weighted by atomic mass is 16.5. The van der Waals surface area contributed by atoms with E-state index in [0.29, 0.717) is 6.10 Å². The summed E-state index contributed by atoms with van der Waals surface area (Å²) in [6.45, 7) is 6.32. The summed E-state index contributed by atoms with van der Waals surface area (Å²) in [5.74, 6) is 1.01. The molecule has 1 aromatic rings. The number of piperidine rings is 1. The second-order valence-electron chi connectivity index (χ2n) is 5.83. The van der Waals surface area contributed by atoms with Crippen molar-refractivity contribution in [3.63, 3.8) is 0 Å². The first-order valence-corrected chi connectivity index (χ1v) is 7.64. The third kappa shape index (κ3) is 3.11. The van der Waals surface area contributed by atoms with Crippen molar-refractivity contribution in [3.05, 3.63) is 36.8 Å². The third-order valence-corrected chi connectivity index (χ3v) is 4.58. The third-order valence-electron chi connectivity index (χ3n) is 4.58. The first kappa shape index (κ1) is 13.0. The second kappa shape index (κ2) is 5.96. The summed E-state index contributed by atoms with van der Waals surface area (Å²) in [6.07, 6.45) is 7.86. The molecule has 0 amide bonds. The fraction of sp³-hybridized carbons (Fsp3) is 0.588. The van der Waals surface area contributed by atoms with Gasteiger partial charge in [0.1, 0.15) is 11.9 Å². The van der Waals surface area contributed by atoms with Gasteiger partial charge in [-0.05, 0) is 56.7 Å². The van der Waals surface area contributed by atoms with Crippen molar-refractivity contribution in [2.75, 3.05) is 13.1 Å². The van der Waals surface area contributed by atoms with Crippen molar-refractivity contribution in [1.29, 1.82) is 0 Å². The molecular formula is C17H24NO. The van der Waals surface area contributed by atoms with Crippen molar-refractivity contribution in [3.8, 4) is 5.75 Å². The van der Waals surface area contributed by atoms with Crippen LogP contribution in [0.15, 0.2) is 24.3 Å². The number of hydrogen-bond donors (Lipinski definition) is 0. The van der Waals surface area contributed by atoms with E-state index in [-0.39, 0.29) is 0 Å². The molecule has 2 fully saturated rings. The molecule has 0 N–H and O–H groups in total. The van der Waals surface area contributed by atoms with E-state index in [4.69, 9.17) is 4.74 Å². The maximum Gasteiger partial charge on any atom is 0.119 e. The van der Waals surface area contributed by atoms with Gasteiger partial charge in [-0.15, -0.1) is 0 Å². The van der Waals surface area contributed by atoms with E-state index < -0.39 is 0 Å². The van der Waals surface area contributed by atoms with Gasteiger partial charge in [-0.1, -0.05) is 18.6 Å². The van der Waals surface area contributed by atoms with Crippen LogP contribution in [0.4, 0.5) is 0 Å². The molecule has 3 rings (SSSR count). The highest BCUT2D eigenvalue weighted by molar-refractivity contribution is 5.27. The van der Waals surface area contributed by atoms with Crippen LogP contribution in [-0.2, 0) is 6.42 Å². The highest BCUT2D eigenvalue weighted by Crippen LogP contribution is 2.28. The number of ether oxygens (including phenoxy) is 1. The van der Waals surface area contributed by atoms with E-state index in [1.807, 2.05) is 0 Å². The number of hydrogen-bond acceptors (Lipinski definition) is 2. The Balaban J connectivity index is 1.48. The van der Waals surface area contributed by atoms with E-state index in [9.17, 15) is 0 Å². The molecule has 1 saturated heterocycles. The Labute approximate surface area is 116 Å². The highest BCUT2D eigenvalue weighted by Gasteiger charge is 2.29. The van der Waals surface area contributed by atoms with Gasteiger partial charge in [-0.25, -0.2) is 0 Å². The summed E-state index contributed by atoms with van der Waals surface area (Å²) in [4.78, 5) is 2.66. The average Bonchev–Trinajstić information content (AvgIpc) is 2.40. The fourth-order valence-electron chi connectivity index (χ4n) is 3.04. The van der Waals surface area contributed by atoms with Gasteiger partial charge in [-0.2, -0.15) is 0 Å². The molecule has 1 heterocycles. The largest absolute Gasteiger partial charge is 0.490 e. The molecule has 0 atom stereocenters. The van der Waals surface area contributed by atoms with Crippen LogP contribution in [-0.4, -0.2) is 30.1 Å². The van der Waals surface area contributed by atoms with Crippen LogP contribution < -0.4 is 4.74 Å². The summed E-state index contributed by atoms with van der Waals surface area (Å²) in [5, 5.41) is 0. The van der Waals surface area contributed by atoms with Gasteiger partial charge >= 0.3 is 0 Å². The average molecular weight is 258 g/mol. The van der Waals surface area contributed by atoms with Gasteiger partial charge in [0.2, 0.25) is 0 Å². The van der Waals surface area contributed by atoms with Gasteiger partial charge in [0.15, 0.2) is 0 Å². The molecular weight excluding hydrogens is 234 g/mol. The van der Waals surface area contributed by atoms with Crippen molar-refractivity contribution < 1.29 is 4.74 Å². The molecule has 1 aliphatic carbocycles. The lowest BCUT2D eigenvalue weighted by molar-refractivity contribution is 0.0493. The number of rotatable bonds is 4. The quantitative estimate of drug-likeness (QED) is 0.820. The van der Waals surface area contributed by atoms with Crippen LogP contribution in [0.3, 0.4) is 0 Å². The Kier molecular flexibility index (Phi) is 4.07. The molecule has 0 unspecified atom stereocenters. The molecule has 103 valence electrons. The van der Waals surface area contributed by atoms with Crippen LogP contribution in [0.2, 0.25) is 0 Å². The van der Waals surface area contributed by atoms with Crippen LogP contribution in [0.1, 0.15) is 37.7 Å². The normalized spacial score (nSPS) is 22.2. The predicted octanol–water partition coefficient (Wildman–Crippen LogP) is 3.46. The predicted molar refractivity (Wildman–Crippen MR) is 78.4 cm³/mol. The van der Waals surface area contributed by atoms with Gasteiger partial charge in [0.25, 0.3) is 0 Å². The monoisotopic (exact) mass is 258 g/mol. The van der Waals surface area contributed by atoms with Crippen LogP contribution in [0.25, 0.3) is 0 Å². The summed E-state index contributed by atoms with van der Waals surface area (Å²) in [7, 11) is 0. The van der Waals surface area contributed by atoms with E-state index in [0.717, 1.165) is 18.2 Å². The fourth-order valence-corrected chi connectivity index (χ4v) is 3.04. The van der Waals surface area contributed by atoms with E-state index >= 15 is 0 Å². The minimum Gasteiger partial charge on any atom is -0.490 e. The van der Waals surface area contributed by atoms with Crippen molar-refractivity contribution in [2.24, 2.45) is 0 Å². The van der Waals surface area contributed by atoms with E-state index in [1.54, 1.807) is 0 Å². The van der Waals surface area contributed by atoms with Crippen LogP contribution in [0, 0.1) is 6.92 Å². The zero-order chi connectivity index (χ0) is 13.1. The summed E-state index contributed by atoms with van der Waals surface area (Å²) >= 11 is 0. The Hall–Kier alpha value is -1.02. The molecule has 1 radical (unpaired) electrons. The SMILES string of the molecule is [CH2]Cc1ccc(OC2CCN(C3CCC3)CC2)cc1. The van der Waals surface area contributed by atoms with E-state index in [2.05, 4.69) is 36.1 Å². The smallest absolute Gasteiger partial charge is 0.119 e. The molecule has 0 bridgehead atoms. The molecule has 1 aromatic carbocycles. The maximum atomic E-state index is 6.09. The lowest BCUT2D eigenvalue weighted by Gasteiger charge is -2.41. The van der Waals surface area contributed by atoms with Gasteiger partial charge in [-0.3, -0.25) is 0 Å². The maximum absolute atomic E-state index is 6.09. The van der Waals surface area contributed by atoms with Crippen molar-refractivity contribution in [2.45, 2.75) is 50.7 Å². The summed E-state index contributed by atoms with van der Waals surface area (Å²) < 4.78 is 6.09. The Morgan fingerprint density at radius 2 is 1.74 bits per heavy atom. The summed E-state index contributed by atoms with van der Waals surface area (Å²) in [6, 6.07) is 9.28. The lowest BCUT2D eigenvalue weighted by Crippen LogP contribution is -2.46. The van der Waals surface area contributed by atoms with Crippen LogP contribution in [0.5, 0.6) is 5.75 Å². The molecule has 0 aromatic heterocycles. The first-order chi connectivity index (χ1) is 9.35. The van der Waals surface area contributed by atoms with Crippen molar-refractivity contribution in [1.82, 2.24) is 4.90 Å². The molecule has 2 nitrogen and oxygen atoms in total. The number of likely N-dealkylation sites (tertiary alicyclic amines) is 1. The molecule has 0 spiro atoms.